The van der Waals surface area contributed by atoms with E-state index in [-0.39, 0.29) is 0 Å². The standard InChI is InChI=1S/C37H39BrN11O2P/c1-47-41-22-32(46-47)26-19-31(34(51-2)20-33(26)49-17-15-48(16-18-49)24-11-13-39-14-12-24)44-37-40-21-27(38)36(45-37)43-30-10-9-29-25(35(30)52(3,4)50)7-8-28(42-29)23-5-6-23/h7-14,19-23H,5-6,15-18H2,1-4H3,(H2,40,43,44,45). The molecular formula is C37H39BrN11O2P. The zero-order chi connectivity index (χ0) is 36.0. The van der Waals surface area contributed by atoms with Gasteiger partial charge in [-0.15, -0.1) is 0 Å². The van der Waals surface area contributed by atoms with Gasteiger partial charge in [-0.25, -0.2) is 4.98 Å². The Labute approximate surface area is 310 Å². The molecule has 1 saturated carbocycles. The molecule has 0 amide bonds. The summed E-state index contributed by atoms with van der Waals surface area (Å²) in [6, 6.07) is 16.2. The predicted octanol–water partition coefficient (Wildman–Crippen LogP) is 6.93. The number of benzene rings is 2. The van der Waals surface area contributed by atoms with E-state index in [1.54, 1.807) is 37.6 Å². The fourth-order valence-corrected chi connectivity index (χ4v) is 8.56. The normalized spacial score (nSPS) is 14.9. The molecule has 6 aromatic rings. The monoisotopic (exact) mass is 779 g/mol. The minimum atomic E-state index is -2.74. The van der Waals surface area contributed by atoms with Crippen molar-refractivity contribution in [1.29, 1.82) is 0 Å². The van der Waals surface area contributed by atoms with Gasteiger partial charge in [-0.3, -0.25) is 9.97 Å². The van der Waals surface area contributed by atoms with Gasteiger partial charge in [-0.2, -0.15) is 20.0 Å². The maximum Gasteiger partial charge on any atom is 0.229 e. The number of anilines is 6. The van der Waals surface area contributed by atoms with Crippen molar-refractivity contribution in [1.82, 2.24) is 34.9 Å². The van der Waals surface area contributed by atoms with Crippen LogP contribution in [-0.4, -0.2) is 81.5 Å². The summed E-state index contributed by atoms with van der Waals surface area (Å²) in [5, 5.41) is 17.5. The molecule has 0 atom stereocenters. The van der Waals surface area contributed by atoms with Gasteiger partial charge >= 0.3 is 0 Å². The van der Waals surface area contributed by atoms with Crippen LogP contribution in [-0.2, 0) is 11.6 Å². The SMILES string of the molecule is COc1cc(N2CCN(c3ccncc3)CC2)c(-c2cnn(C)n2)cc1Nc1ncc(Br)c(Nc2ccc3nc(C4CC4)ccc3c2P(C)(C)=O)n1. The minimum Gasteiger partial charge on any atom is -0.494 e. The van der Waals surface area contributed by atoms with Crippen LogP contribution in [0.15, 0.2) is 77.8 Å². The molecular weight excluding hydrogens is 741 g/mol. The zero-order valence-electron chi connectivity index (χ0n) is 29.4. The number of hydrogen-bond acceptors (Lipinski definition) is 12. The smallest absolute Gasteiger partial charge is 0.229 e. The summed E-state index contributed by atoms with van der Waals surface area (Å²) in [7, 11) is 0.723. The molecule has 1 aliphatic heterocycles. The van der Waals surface area contributed by atoms with Crippen LogP contribution in [0.4, 0.5) is 34.5 Å². The van der Waals surface area contributed by atoms with Crippen LogP contribution < -0.4 is 30.5 Å². The van der Waals surface area contributed by atoms with Crippen molar-refractivity contribution < 1.29 is 9.30 Å². The first kappa shape index (κ1) is 34.0. The van der Waals surface area contributed by atoms with E-state index in [1.807, 2.05) is 55.8 Å². The maximum atomic E-state index is 13.8. The van der Waals surface area contributed by atoms with Gasteiger partial charge in [0.25, 0.3) is 0 Å². The molecule has 5 heterocycles. The molecule has 2 aromatic carbocycles. The highest BCUT2D eigenvalue weighted by Crippen LogP contribution is 2.44. The van der Waals surface area contributed by atoms with Gasteiger partial charge in [0.1, 0.15) is 24.4 Å². The van der Waals surface area contributed by atoms with Crippen LogP contribution in [0, 0.1) is 0 Å². The zero-order valence-corrected chi connectivity index (χ0v) is 31.9. The van der Waals surface area contributed by atoms with Gasteiger partial charge in [0.05, 0.1) is 40.4 Å². The summed E-state index contributed by atoms with van der Waals surface area (Å²) in [5.74, 6) is 2.03. The number of aromatic nitrogens is 7. The second kappa shape index (κ2) is 13.8. The highest BCUT2D eigenvalue weighted by molar-refractivity contribution is 9.10. The number of ether oxygens (including phenoxy) is 1. The first-order chi connectivity index (χ1) is 25.1. The van der Waals surface area contributed by atoms with Crippen molar-refractivity contribution in [3.05, 3.63) is 83.5 Å². The summed E-state index contributed by atoms with van der Waals surface area (Å²) in [5.41, 5.74) is 7.15. The lowest BCUT2D eigenvalue weighted by Gasteiger charge is -2.38. The Bertz CT molecular complexity index is 2320. The first-order valence-electron chi connectivity index (χ1n) is 17.2. The molecule has 4 aromatic heterocycles. The van der Waals surface area contributed by atoms with Gasteiger partial charge in [0.15, 0.2) is 0 Å². The number of pyridine rings is 2. The van der Waals surface area contributed by atoms with E-state index in [2.05, 4.69) is 68.7 Å². The fourth-order valence-electron chi connectivity index (χ4n) is 6.79. The van der Waals surface area contributed by atoms with Crippen molar-refractivity contribution in [2.45, 2.75) is 18.8 Å². The van der Waals surface area contributed by atoms with Gasteiger partial charge in [0, 0.05) is 91.4 Å². The maximum absolute atomic E-state index is 13.8. The van der Waals surface area contributed by atoms with Gasteiger partial charge in [0.2, 0.25) is 5.95 Å². The Balaban J connectivity index is 1.11. The number of hydrogen-bond donors (Lipinski definition) is 2. The molecule has 0 spiro atoms. The van der Waals surface area contributed by atoms with Gasteiger partial charge < -0.3 is 29.7 Å². The van der Waals surface area contributed by atoms with Crippen LogP contribution in [0.1, 0.15) is 24.5 Å². The molecule has 52 heavy (non-hydrogen) atoms. The third-order valence-electron chi connectivity index (χ3n) is 9.48. The van der Waals surface area contributed by atoms with Crippen molar-refractivity contribution in [2.75, 3.05) is 67.1 Å². The summed E-state index contributed by atoms with van der Waals surface area (Å²) < 4.78 is 20.3. The largest absolute Gasteiger partial charge is 0.494 e. The molecule has 8 rings (SSSR count). The number of rotatable bonds is 10. The molecule has 2 aliphatic rings. The average molecular weight is 781 g/mol. The van der Waals surface area contributed by atoms with Crippen molar-refractivity contribution in [3.63, 3.8) is 0 Å². The topological polar surface area (TPSA) is 139 Å². The third-order valence-corrected chi connectivity index (χ3v) is 11.6. The van der Waals surface area contributed by atoms with E-state index in [4.69, 9.17) is 14.7 Å². The summed E-state index contributed by atoms with van der Waals surface area (Å²) in [6.45, 7) is 6.92. The predicted molar refractivity (Wildman–Crippen MR) is 211 cm³/mol. The molecule has 13 nitrogen and oxygen atoms in total. The van der Waals surface area contributed by atoms with Crippen molar-refractivity contribution in [2.24, 2.45) is 7.05 Å². The molecule has 0 radical (unpaired) electrons. The number of nitrogens with zero attached hydrogens (tertiary/aromatic N) is 9. The lowest BCUT2D eigenvalue weighted by Crippen LogP contribution is -2.46. The van der Waals surface area contributed by atoms with E-state index in [0.717, 1.165) is 65.0 Å². The first-order valence-corrected chi connectivity index (χ1v) is 20.6. The summed E-state index contributed by atoms with van der Waals surface area (Å²) in [6.07, 6.45) is 9.46. The van der Waals surface area contributed by atoms with E-state index in [9.17, 15) is 4.57 Å². The Morgan fingerprint density at radius 1 is 0.904 bits per heavy atom. The molecule has 1 saturated heterocycles. The highest BCUT2D eigenvalue weighted by Gasteiger charge is 2.27. The van der Waals surface area contributed by atoms with Crippen LogP contribution in [0.2, 0.25) is 0 Å². The molecule has 1 aliphatic carbocycles. The number of aryl methyl sites for hydroxylation is 1. The van der Waals surface area contributed by atoms with Gasteiger partial charge in [-0.1, -0.05) is 6.07 Å². The Morgan fingerprint density at radius 2 is 1.67 bits per heavy atom. The number of piperazine rings is 1. The quantitative estimate of drug-likeness (QED) is 0.140. The van der Waals surface area contributed by atoms with Crippen LogP contribution in [0.3, 0.4) is 0 Å². The van der Waals surface area contributed by atoms with E-state index >= 15 is 0 Å². The van der Waals surface area contributed by atoms with Crippen LogP contribution >= 0.6 is 23.1 Å². The molecule has 0 unspecified atom stereocenters. The number of halogens is 1. The molecule has 0 bridgehead atoms. The van der Waals surface area contributed by atoms with Crippen molar-refractivity contribution in [3.8, 4) is 17.0 Å². The lowest BCUT2D eigenvalue weighted by molar-refractivity contribution is 0.416. The second-order valence-electron chi connectivity index (χ2n) is 13.5. The van der Waals surface area contributed by atoms with E-state index < -0.39 is 7.14 Å². The molecule has 2 fully saturated rings. The lowest BCUT2D eigenvalue weighted by atomic mass is 10.1. The van der Waals surface area contributed by atoms with E-state index in [1.165, 1.54) is 18.5 Å². The fraction of sp³-hybridized carbons (Fsp3) is 0.297. The van der Waals surface area contributed by atoms with E-state index in [0.29, 0.717) is 39.3 Å². The summed E-state index contributed by atoms with van der Waals surface area (Å²) in [4.78, 5) is 24.8. The molecule has 2 N–H and O–H groups in total. The third kappa shape index (κ3) is 6.92. The minimum absolute atomic E-state index is 0.349. The van der Waals surface area contributed by atoms with Crippen LogP contribution in [0.5, 0.6) is 5.75 Å². The Kier molecular flexibility index (Phi) is 9.04. The Morgan fingerprint density at radius 3 is 2.37 bits per heavy atom. The highest BCUT2D eigenvalue weighted by atomic mass is 79.9. The number of nitrogens with one attached hydrogen (secondary N) is 2. The molecule has 15 heteroatoms. The number of fused-ring (bicyclic) bond motifs is 1. The Hall–Kier alpha value is -5.07. The van der Waals surface area contributed by atoms with Gasteiger partial charge in [-0.05, 0) is 78.5 Å². The number of methoxy groups -OCH3 is 1. The summed E-state index contributed by atoms with van der Waals surface area (Å²) >= 11 is 3.62. The van der Waals surface area contributed by atoms with Crippen molar-refractivity contribution >= 4 is 73.8 Å². The average Bonchev–Trinajstić information content (AvgIpc) is 3.92. The van der Waals surface area contributed by atoms with Crippen LogP contribution in [0.25, 0.3) is 22.2 Å². The second-order valence-corrected chi connectivity index (χ2v) is 17.5. The molecule has 266 valence electrons.